The SMILES string of the molecule is CCC(CC)OC(=O)O[C@]1(C(=O)OCC#N)[C@H](C)C[C@H]2[C@@H]3C[C@H](F)C4=CC(=O)C=C[C@]4(C)[C@@]3(F)[C@@H](O)C[C@@]21C. The number of esters is 1. The van der Waals surface area contributed by atoms with Gasteiger partial charge in [0.05, 0.1) is 6.10 Å². The van der Waals surface area contributed by atoms with Crippen LogP contribution in [-0.4, -0.2) is 59.3 Å². The standard InChI is InChI=1S/C29H37F2NO7/c1-6-18(7-2)38-25(36)39-29(24(35)37-11-10-32)16(3)12-19-20-14-22(30)21-13-17(33)8-9-26(21,4)28(20,31)23(34)15-27(19,29)5/h8-9,13,16,18-20,22-23,34H,6-7,11-12,14-15H2,1-5H3/t16-,19+,20+,22+,23+,26+,27+,28+,29+/m1/s1. The molecule has 39 heavy (non-hydrogen) atoms. The van der Waals surface area contributed by atoms with Crippen LogP contribution in [0, 0.1) is 39.9 Å². The number of ether oxygens (including phenoxy) is 3. The molecule has 0 bridgehead atoms. The summed E-state index contributed by atoms with van der Waals surface area (Å²) in [6.07, 6.45) is -0.692. The Morgan fingerprint density at radius 2 is 1.90 bits per heavy atom. The van der Waals surface area contributed by atoms with E-state index in [9.17, 15) is 19.5 Å². The maximum atomic E-state index is 17.4. The van der Waals surface area contributed by atoms with Gasteiger partial charge in [0.2, 0.25) is 5.60 Å². The number of carbonyl (C=O) groups excluding carboxylic acids is 3. The molecule has 4 aliphatic rings. The molecule has 9 atom stereocenters. The first-order valence-corrected chi connectivity index (χ1v) is 13.7. The highest BCUT2D eigenvalue weighted by Gasteiger charge is 2.79. The van der Waals surface area contributed by atoms with Crippen LogP contribution >= 0.6 is 0 Å². The van der Waals surface area contributed by atoms with E-state index in [-0.39, 0.29) is 24.8 Å². The molecule has 0 aromatic carbocycles. The molecule has 0 radical (unpaired) electrons. The fraction of sp³-hybridized carbons (Fsp3) is 0.724. The van der Waals surface area contributed by atoms with Crippen molar-refractivity contribution in [3.05, 3.63) is 23.8 Å². The Balaban J connectivity index is 1.82. The predicted molar refractivity (Wildman–Crippen MR) is 134 cm³/mol. The van der Waals surface area contributed by atoms with Crippen LogP contribution in [0.4, 0.5) is 13.6 Å². The molecule has 0 aromatic rings. The van der Waals surface area contributed by atoms with E-state index < -0.39 is 82.7 Å². The molecule has 0 spiro atoms. The number of fused-ring (bicyclic) bond motifs is 5. The minimum absolute atomic E-state index is 0.00728. The second kappa shape index (κ2) is 9.99. The van der Waals surface area contributed by atoms with Crippen LogP contribution in [0.25, 0.3) is 0 Å². The summed E-state index contributed by atoms with van der Waals surface area (Å²) in [5, 5.41) is 20.6. The van der Waals surface area contributed by atoms with Gasteiger partial charge in [-0.2, -0.15) is 5.26 Å². The highest BCUT2D eigenvalue weighted by molar-refractivity contribution is 6.01. The Kier molecular flexibility index (Phi) is 7.48. The van der Waals surface area contributed by atoms with Crippen LogP contribution in [0.3, 0.4) is 0 Å². The molecule has 3 saturated carbocycles. The second-order valence-electron chi connectivity index (χ2n) is 11.9. The Labute approximate surface area is 227 Å². The van der Waals surface area contributed by atoms with Crippen molar-refractivity contribution in [2.24, 2.45) is 28.6 Å². The molecule has 214 valence electrons. The molecule has 4 aliphatic carbocycles. The fourth-order valence-corrected chi connectivity index (χ4v) is 8.17. The van der Waals surface area contributed by atoms with Crippen LogP contribution < -0.4 is 0 Å². The number of hydrogen-bond acceptors (Lipinski definition) is 8. The molecule has 4 rings (SSSR count). The molecule has 0 saturated heterocycles. The van der Waals surface area contributed by atoms with Crippen molar-refractivity contribution in [1.29, 1.82) is 5.26 Å². The summed E-state index contributed by atoms with van der Waals surface area (Å²) in [6.45, 7) is 7.84. The van der Waals surface area contributed by atoms with Gasteiger partial charge in [0, 0.05) is 22.7 Å². The van der Waals surface area contributed by atoms with Gasteiger partial charge in [0.15, 0.2) is 18.1 Å². The lowest BCUT2D eigenvalue weighted by Crippen LogP contribution is -2.71. The third kappa shape index (κ3) is 3.94. The lowest BCUT2D eigenvalue weighted by Gasteiger charge is -2.62. The first-order valence-electron chi connectivity index (χ1n) is 13.7. The topological polar surface area (TPSA) is 123 Å². The predicted octanol–water partition coefficient (Wildman–Crippen LogP) is 4.70. The van der Waals surface area contributed by atoms with Crippen LogP contribution in [0.15, 0.2) is 23.8 Å². The summed E-state index contributed by atoms with van der Waals surface area (Å²) in [7, 11) is 0. The van der Waals surface area contributed by atoms with Crippen LogP contribution in [0.1, 0.15) is 66.7 Å². The number of halogens is 2. The van der Waals surface area contributed by atoms with Crippen molar-refractivity contribution < 1.29 is 42.5 Å². The quantitative estimate of drug-likeness (QED) is 0.473. The Morgan fingerprint density at radius 3 is 2.51 bits per heavy atom. The summed E-state index contributed by atoms with van der Waals surface area (Å²) in [4.78, 5) is 38.8. The molecule has 0 aromatic heterocycles. The summed E-state index contributed by atoms with van der Waals surface area (Å²) < 4.78 is 49.7. The van der Waals surface area contributed by atoms with Crippen LogP contribution in [0.2, 0.25) is 0 Å². The minimum atomic E-state index is -2.36. The number of carbonyl (C=O) groups is 3. The molecule has 8 nitrogen and oxygen atoms in total. The third-order valence-electron chi connectivity index (χ3n) is 10.2. The van der Waals surface area contributed by atoms with E-state index in [1.165, 1.54) is 19.1 Å². The van der Waals surface area contributed by atoms with Crippen molar-refractivity contribution in [2.75, 3.05) is 6.61 Å². The number of alkyl halides is 2. The van der Waals surface area contributed by atoms with E-state index in [0.717, 1.165) is 6.08 Å². The Hall–Kier alpha value is -2.80. The summed E-state index contributed by atoms with van der Waals surface area (Å²) >= 11 is 0. The van der Waals surface area contributed by atoms with Gasteiger partial charge in [-0.15, -0.1) is 0 Å². The van der Waals surface area contributed by atoms with E-state index in [1.807, 2.05) is 13.8 Å². The zero-order chi connectivity index (χ0) is 29.0. The number of nitriles is 1. The van der Waals surface area contributed by atoms with Gasteiger partial charge >= 0.3 is 12.1 Å². The largest absolute Gasteiger partial charge is 0.509 e. The van der Waals surface area contributed by atoms with Gasteiger partial charge in [-0.1, -0.05) is 33.8 Å². The van der Waals surface area contributed by atoms with Gasteiger partial charge in [-0.25, -0.2) is 18.4 Å². The molecular formula is C29H37F2NO7. The first-order chi connectivity index (χ1) is 18.3. The molecule has 1 N–H and O–H groups in total. The fourth-order valence-electron chi connectivity index (χ4n) is 8.17. The zero-order valence-corrected chi connectivity index (χ0v) is 23.0. The maximum absolute atomic E-state index is 17.4. The van der Waals surface area contributed by atoms with E-state index in [4.69, 9.17) is 19.5 Å². The van der Waals surface area contributed by atoms with Gasteiger partial charge in [-0.3, -0.25) is 4.79 Å². The molecule has 0 heterocycles. The van der Waals surface area contributed by atoms with Gasteiger partial charge in [-0.05, 0) is 62.7 Å². The maximum Gasteiger partial charge on any atom is 0.509 e. The number of rotatable bonds is 6. The van der Waals surface area contributed by atoms with E-state index >= 15 is 8.78 Å². The average molecular weight is 550 g/mol. The number of nitrogens with zero attached hydrogens (tertiary/aromatic N) is 1. The average Bonchev–Trinajstić information content (AvgIpc) is 3.10. The minimum Gasteiger partial charge on any atom is -0.447 e. The lowest BCUT2D eigenvalue weighted by molar-refractivity contribution is -0.233. The molecule has 0 aliphatic heterocycles. The summed E-state index contributed by atoms with van der Waals surface area (Å²) in [5.41, 5.74) is -7.34. The summed E-state index contributed by atoms with van der Waals surface area (Å²) in [5.74, 6) is -3.94. The van der Waals surface area contributed by atoms with Crippen LogP contribution in [0.5, 0.6) is 0 Å². The van der Waals surface area contributed by atoms with Crippen molar-refractivity contribution >= 4 is 17.9 Å². The third-order valence-corrected chi connectivity index (χ3v) is 10.2. The first kappa shape index (κ1) is 29.2. The number of aliphatic hydroxyl groups is 1. The van der Waals surface area contributed by atoms with Crippen molar-refractivity contribution in [1.82, 2.24) is 0 Å². The number of hydrogen-bond donors (Lipinski definition) is 1. The van der Waals surface area contributed by atoms with Crippen molar-refractivity contribution in [3.63, 3.8) is 0 Å². The molecule has 3 fully saturated rings. The number of allylic oxidation sites excluding steroid dienone is 4. The van der Waals surface area contributed by atoms with Gasteiger partial charge in [0.25, 0.3) is 0 Å². The van der Waals surface area contributed by atoms with Crippen LogP contribution in [-0.2, 0) is 23.8 Å². The molecule has 0 unspecified atom stereocenters. The van der Waals surface area contributed by atoms with E-state index in [0.29, 0.717) is 12.8 Å². The lowest BCUT2D eigenvalue weighted by atomic mass is 9.44. The van der Waals surface area contributed by atoms with Gasteiger partial charge < -0.3 is 19.3 Å². The monoisotopic (exact) mass is 549 g/mol. The second-order valence-corrected chi connectivity index (χ2v) is 11.9. The normalized spacial score (nSPS) is 42.5. The van der Waals surface area contributed by atoms with Crippen molar-refractivity contribution in [2.45, 2.75) is 96.4 Å². The summed E-state index contributed by atoms with van der Waals surface area (Å²) in [6, 6.07) is 1.73. The molecular weight excluding hydrogens is 512 g/mol. The molecule has 0 amide bonds. The van der Waals surface area contributed by atoms with Crippen molar-refractivity contribution in [3.8, 4) is 6.07 Å². The Bertz CT molecular complexity index is 1140. The van der Waals surface area contributed by atoms with E-state index in [1.54, 1.807) is 19.9 Å². The zero-order valence-electron chi connectivity index (χ0n) is 23.0. The Morgan fingerprint density at radius 1 is 1.23 bits per heavy atom. The smallest absolute Gasteiger partial charge is 0.447 e. The van der Waals surface area contributed by atoms with Gasteiger partial charge in [0.1, 0.15) is 18.3 Å². The molecule has 10 heteroatoms. The highest BCUT2D eigenvalue weighted by atomic mass is 19.1. The van der Waals surface area contributed by atoms with E-state index in [2.05, 4.69) is 0 Å². The number of ketones is 1. The number of aliphatic hydroxyl groups excluding tert-OH is 1. The highest BCUT2D eigenvalue weighted by Crippen LogP contribution is 2.71.